The van der Waals surface area contributed by atoms with Crippen molar-refractivity contribution in [3.05, 3.63) is 65.2 Å². The molecule has 25 heavy (non-hydrogen) atoms. The Balaban J connectivity index is 1.72. The molecule has 0 bridgehead atoms. The predicted octanol–water partition coefficient (Wildman–Crippen LogP) is 2.67. The summed E-state index contributed by atoms with van der Waals surface area (Å²) in [5.41, 5.74) is 1.46. The highest BCUT2D eigenvalue weighted by Crippen LogP contribution is 2.34. The Kier molecular flexibility index (Phi) is 4.81. The average Bonchev–Trinajstić information content (AvgIpc) is 2.60. The first-order valence-electron chi connectivity index (χ1n) is 8.24. The highest BCUT2D eigenvalue weighted by molar-refractivity contribution is 5.94. The van der Waals surface area contributed by atoms with E-state index in [0.717, 1.165) is 23.9 Å². The van der Waals surface area contributed by atoms with Crippen molar-refractivity contribution < 1.29 is 22.9 Å². The third-order valence-corrected chi connectivity index (χ3v) is 4.75. The second-order valence-corrected chi connectivity index (χ2v) is 6.36. The van der Waals surface area contributed by atoms with Gasteiger partial charge in [0.25, 0.3) is 5.91 Å². The second-order valence-electron chi connectivity index (χ2n) is 6.36. The van der Waals surface area contributed by atoms with Gasteiger partial charge in [-0.25, -0.2) is 0 Å². The van der Waals surface area contributed by atoms with Gasteiger partial charge >= 0.3 is 6.18 Å². The van der Waals surface area contributed by atoms with Gasteiger partial charge in [-0.1, -0.05) is 36.4 Å². The summed E-state index contributed by atoms with van der Waals surface area (Å²) in [5.74, 6) is -0.397. The fraction of sp³-hybridized carbons (Fsp3) is 0.316. The lowest BCUT2D eigenvalue weighted by molar-refractivity contribution is -0.929. The molecule has 2 atom stereocenters. The van der Waals surface area contributed by atoms with E-state index in [1.54, 1.807) is 6.92 Å². The van der Waals surface area contributed by atoms with Crippen molar-refractivity contribution in [3.63, 3.8) is 0 Å². The monoisotopic (exact) mass is 349 g/mol. The summed E-state index contributed by atoms with van der Waals surface area (Å²) in [4.78, 5) is 13.6. The maximum atomic E-state index is 13.1. The van der Waals surface area contributed by atoms with E-state index in [1.165, 1.54) is 29.3 Å². The summed E-state index contributed by atoms with van der Waals surface area (Å²) in [6.07, 6.45) is -3.63. The van der Waals surface area contributed by atoms with E-state index in [2.05, 4.69) is 11.4 Å². The number of hydrogen-bond acceptors (Lipinski definition) is 1. The zero-order valence-corrected chi connectivity index (χ0v) is 13.9. The third-order valence-electron chi connectivity index (χ3n) is 4.75. The molecule has 1 aliphatic heterocycles. The molecule has 2 aromatic carbocycles. The van der Waals surface area contributed by atoms with Crippen LogP contribution < -0.4 is 10.2 Å². The van der Waals surface area contributed by atoms with E-state index in [9.17, 15) is 18.0 Å². The number of rotatable bonds is 3. The first-order chi connectivity index (χ1) is 11.9. The van der Waals surface area contributed by atoms with Gasteiger partial charge in [-0.15, -0.1) is 0 Å². The molecular weight excluding hydrogens is 329 g/mol. The van der Waals surface area contributed by atoms with Gasteiger partial charge < -0.3 is 10.2 Å². The number of anilines is 1. The molecule has 0 radical (unpaired) electrons. The van der Waals surface area contributed by atoms with Crippen LogP contribution in [0.3, 0.4) is 0 Å². The SMILES string of the molecule is C[C@@H](C(=O)Nc1ccccc1C(F)(F)F)[NH+]1CCc2ccccc2C1. The standard InChI is InChI=1S/C19H19F3N2O/c1-13(24-11-10-14-6-2-3-7-15(14)12-24)18(25)23-17-9-5-4-8-16(17)19(20,21)22/h2-9,13H,10-12H2,1H3,(H,23,25)/p+1/t13-/m0/s1. The third kappa shape index (κ3) is 3.85. The Labute approximate surface area is 144 Å². The molecule has 1 heterocycles. The van der Waals surface area contributed by atoms with Crippen LogP contribution in [0.15, 0.2) is 48.5 Å². The molecule has 0 saturated carbocycles. The largest absolute Gasteiger partial charge is 0.418 e. The number of fused-ring (bicyclic) bond motifs is 1. The summed E-state index contributed by atoms with van der Waals surface area (Å²) in [5, 5.41) is 2.46. The van der Waals surface area contributed by atoms with E-state index in [-0.39, 0.29) is 5.69 Å². The van der Waals surface area contributed by atoms with E-state index >= 15 is 0 Å². The Morgan fingerprint density at radius 2 is 1.72 bits per heavy atom. The fourth-order valence-electron chi connectivity index (χ4n) is 3.24. The normalized spacial score (nSPS) is 18.3. The maximum absolute atomic E-state index is 13.1. The molecule has 1 unspecified atom stereocenters. The van der Waals surface area contributed by atoms with Crippen LogP contribution in [0, 0.1) is 0 Å². The maximum Gasteiger partial charge on any atom is 0.418 e. The number of hydrogen-bond donors (Lipinski definition) is 2. The second kappa shape index (κ2) is 6.88. The van der Waals surface area contributed by atoms with E-state index < -0.39 is 23.7 Å². The number of halogens is 3. The smallest absolute Gasteiger partial charge is 0.321 e. The predicted molar refractivity (Wildman–Crippen MR) is 89.2 cm³/mol. The van der Waals surface area contributed by atoms with Crippen LogP contribution in [-0.4, -0.2) is 18.5 Å². The minimum Gasteiger partial charge on any atom is -0.321 e. The molecule has 2 aromatic rings. The number of quaternary nitrogens is 1. The molecule has 1 aliphatic rings. The van der Waals surface area contributed by atoms with E-state index in [0.29, 0.717) is 6.54 Å². The van der Waals surface area contributed by atoms with Crippen LogP contribution >= 0.6 is 0 Å². The van der Waals surface area contributed by atoms with Gasteiger partial charge in [-0.05, 0) is 24.6 Å². The highest BCUT2D eigenvalue weighted by atomic mass is 19.4. The summed E-state index contributed by atoms with van der Waals surface area (Å²) >= 11 is 0. The number of carbonyl (C=O) groups excluding carboxylic acids is 1. The van der Waals surface area contributed by atoms with Crippen molar-refractivity contribution in [2.24, 2.45) is 0 Å². The Morgan fingerprint density at radius 1 is 1.08 bits per heavy atom. The van der Waals surface area contributed by atoms with Crippen molar-refractivity contribution >= 4 is 11.6 Å². The molecule has 1 amide bonds. The molecule has 132 valence electrons. The zero-order valence-electron chi connectivity index (χ0n) is 13.9. The van der Waals surface area contributed by atoms with Crippen LogP contribution in [0.2, 0.25) is 0 Å². The van der Waals surface area contributed by atoms with Crippen LogP contribution in [-0.2, 0) is 23.9 Å². The molecule has 0 aromatic heterocycles. The number of carbonyl (C=O) groups is 1. The molecule has 6 heteroatoms. The Hall–Kier alpha value is -2.34. The highest BCUT2D eigenvalue weighted by Gasteiger charge is 2.35. The van der Waals surface area contributed by atoms with Gasteiger partial charge in [0.05, 0.1) is 17.8 Å². The van der Waals surface area contributed by atoms with Crippen LogP contribution in [0.5, 0.6) is 0 Å². The lowest BCUT2D eigenvalue weighted by atomic mass is 9.98. The minimum atomic E-state index is -4.50. The molecule has 0 spiro atoms. The average molecular weight is 349 g/mol. The van der Waals surface area contributed by atoms with E-state index in [4.69, 9.17) is 0 Å². The molecule has 0 saturated heterocycles. The number of amides is 1. The molecular formula is C19H20F3N2O+. The lowest BCUT2D eigenvalue weighted by Gasteiger charge is -2.30. The molecule has 2 N–H and O–H groups in total. The summed E-state index contributed by atoms with van der Waals surface area (Å²) in [7, 11) is 0. The summed E-state index contributed by atoms with van der Waals surface area (Å²) < 4.78 is 39.2. The Bertz CT molecular complexity index is 773. The van der Waals surface area contributed by atoms with Crippen molar-refractivity contribution in [1.82, 2.24) is 0 Å². The van der Waals surface area contributed by atoms with Gasteiger partial charge in [0.2, 0.25) is 0 Å². The summed E-state index contributed by atoms with van der Waals surface area (Å²) in [6.45, 7) is 3.24. The molecule has 0 aliphatic carbocycles. The zero-order chi connectivity index (χ0) is 18.0. The molecule has 3 nitrogen and oxygen atoms in total. The topological polar surface area (TPSA) is 33.5 Å². The van der Waals surface area contributed by atoms with Gasteiger partial charge in [0.1, 0.15) is 6.54 Å². The van der Waals surface area contributed by atoms with Crippen LogP contribution in [0.1, 0.15) is 23.6 Å². The number of nitrogens with one attached hydrogen (secondary N) is 2. The van der Waals surface area contributed by atoms with Crippen LogP contribution in [0.25, 0.3) is 0 Å². The first kappa shape index (κ1) is 17.5. The first-order valence-corrected chi connectivity index (χ1v) is 8.24. The number of benzene rings is 2. The van der Waals surface area contributed by atoms with Crippen molar-refractivity contribution in [2.45, 2.75) is 32.1 Å². The number of alkyl halides is 3. The number of para-hydroxylation sites is 1. The molecule has 0 fully saturated rings. The fourth-order valence-corrected chi connectivity index (χ4v) is 3.24. The molecule has 3 rings (SSSR count). The lowest BCUT2D eigenvalue weighted by Crippen LogP contribution is -3.16. The minimum absolute atomic E-state index is 0.191. The van der Waals surface area contributed by atoms with Crippen molar-refractivity contribution in [1.29, 1.82) is 0 Å². The van der Waals surface area contributed by atoms with Crippen molar-refractivity contribution in [2.75, 3.05) is 11.9 Å². The van der Waals surface area contributed by atoms with Gasteiger partial charge in [-0.3, -0.25) is 4.79 Å². The Morgan fingerprint density at radius 3 is 2.44 bits per heavy atom. The van der Waals surface area contributed by atoms with Gasteiger partial charge in [-0.2, -0.15) is 13.2 Å². The van der Waals surface area contributed by atoms with Gasteiger partial charge in [0, 0.05) is 12.0 Å². The van der Waals surface area contributed by atoms with Crippen LogP contribution in [0.4, 0.5) is 18.9 Å². The van der Waals surface area contributed by atoms with Crippen molar-refractivity contribution in [3.8, 4) is 0 Å². The van der Waals surface area contributed by atoms with Gasteiger partial charge in [0.15, 0.2) is 6.04 Å². The summed E-state index contributed by atoms with van der Waals surface area (Å²) in [6, 6.07) is 12.7. The quantitative estimate of drug-likeness (QED) is 0.878. The van der Waals surface area contributed by atoms with E-state index in [1.807, 2.05) is 18.2 Å².